The summed E-state index contributed by atoms with van der Waals surface area (Å²) in [5.41, 5.74) is -0.0643. The molecule has 1 saturated heterocycles. The molecule has 1 aliphatic carbocycles. The summed E-state index contributed by atoms with van der Waals surface area (Å²) in [4.78, 5) is 47.9. The molecule has 150 valence electrons. The lowest BCUT2D eigenvalue weighted by Crippen LogP contribution is -2.64. The molecule has 3 amide bonds. The van der Waals surface area contributed by atoms with Gasteiger partial charge in [-0.1, -0.05) is 19.3 Å². The summed E-state index contributed by atoms with van der Waals surface area (Å²) < 4.78 is 0. The Bertz CT molecular complexity index is 793. The number of nitrogens with zero attached hydrogens (tertiary/aromatic N) is 4. The van der Waals surface area contributed by atoms with E-state index >= 15 is 0 Å². The zero-order valence-electron chi connectivity index (χ0n) is 16.7. The van der Waals surface area contributed by atoms with Crippen LogP contribution < -0.4 is 0 Å². The van der Waals surface area contributed by atoms with Crippen molar-refractivity contribution in [2.24, 2.45) is 4.99 Å². The molecule has 0 aromatic rings. The first-order valence-corrected chi connectivity index (χ1v) is 10.2. The van der Waals surface area contributed by atoms with Crippen molar-refractivity contribution in [3.05, 3.63) is 23.9 Å². The average Bonchev–Trinajstić information content (AvgIpc) is 2.67. The first kappa shape index (κ1) is 18.9. The van der Waals surface area contributed by atoms with Gasteiger partial charge in [0.1, 0.15) is 11.4 Å². The monoisotopic (exact) mass is 384 g/mol. The van der Waals surface area contributed by atoms with Gasteiger partial charge in [-0.3, -0.25) is 14.4 Å². The fourth-order valence-corrected chi connectivity index (χ4v) is 4.80. The number of allylic oxidation sites excluding steroid dienone is 2. The molecule has 0 aromatic carbocycles. The summed E-state index contributed by atoms with van der Waals surface area (Å²) in [6.45, 7) is 4.90. The second-order valence-electron chi connectivity index (χ2n) is 8.49. The lowest BCUT2D eigenvalue weighted by Gasteiger charge is -2.47. The molecular formula is C21H28N4O3. The minimum atomic E-state index is -1.05. The zero-order chi connectivity index (χ0) is 19.9. The van der Waals surface area contributed by atoms with E-state index in [9.17, 15) is 14.4 Å². The Kier molecular flexibility index (Phi) is 4.85. The number of hydrogen-bond donors (Lipinski definition) is 0. The van der Waals surface area contributed by atoms with Gasteiger partial charge in [0.15, 0.2) is 0 Å². The van der Waals surface area contributed by atoms with Gasteiger partial charge in [-0.25, -0.2) is 0 Å². The highest BCUT2D eigenvalue weighted by atomic mass is 16.2. The molecular weight excluding hydrogens is 356 g/mol. The van der Waals surface area contributed by atoms with Gasteiger partial charge < -0.3 is 14.7 Å². The van der Waals surface area contributed by atoms with Crippen LogP contribution >= 0.6 is 0 Å². The van der Waals surface area contributed by atoms with Crippen LogP contribution in [0, 0.1) is 0 Å². The molecule has 2 fully saturated rings. The third-order valence-electron chi connectivity index (χ3n) is 6.38. The lowest BCUT2D eigenvalue weighted by atomic mass is 9.89. The maximum Gasteiger partial charge on any atom is 0.250 e. The summed E-state index contributed by atoms with van der Waals surface area (Å²) in [7, 11) is 0. The van der Waals surface area contributed by atoms with Gasteiger partial charge in [0.2, 0.25) is 11.8 Å². The molecule has 0 N–H and O–H groups in total. The molecule has 0 aromatic heterocycles. The molecule has 7 nitrogen and oxygen atoms in total. The number of amides is 3. The van der Waals surface area contributed by atoms with Crippen molar-refractivity contribution in [3.8, 4) is 0 Å². The van der Waals surface area contributed by atoms with E-state index in [1.165, 1.54) is 19.3 Å². The average molecular weight is 384 g/mol. The minimum absolute atomic E-state index is 0.0175. The first-order valence-electron chi connectivity index (χ1n) is 10.2. The van der Waals surface area contributed by atoms with Gasteiger partial charge in [-0.05, 0) is 44.4 Å². The predicted molar refractivity (Wildman–Crippen MR) is 105 cm³/mol. The molecule has 0 radical (unpaired) electrons. The maximum absolute atomic E-state index is 13.4. The fraction of sp³-hybridized carbons (Fsp3) is 0.619. The standard InChI is InChI=1S/C21H28N4O3/c1-15-8-9-25-17(12-15)22-18(26)13-21(25,2)20(28)23-10-11-24(19(27)14-23)16-6-4-3-5-7-16/h8-9,12,16H,3-7,10-11,13-14H2,1-2H3. The molecule has 3 heterocycles. The summed E-state index contributed by atoms with van der Waals surface area (Å²) >= 11 is 0. The minimum Gasteiger partial charge on any atom is -0.336 e. The quantitative estimate of drug-likeness (QED) is 0.728. The Morgan fingerprint density at radius 1 is 1.18 bits per heavy atom. The first-order chi connectivity index (χ1) is 13.4. The van der Waals surface area contributed by atoms with Crippen molar-refractivity contribution in [1.29, 1.82) is 0 Å². The van der Waals surface area contributed by atoms with E-state index in [-0.39, 0.29) is 30.7 Å². The van der Waals surface area contributed by atoms with Crippen LogP contribution in [-0.2, 0) is 14.4 Å². The number of hydrogen-bond acceptors (Lipinski definition) is 4. The molecule has 1 unspecified atom stereocenters. The number of fused-ring (bicyclic) bond motifs is 1. The van der Waals surface area contributed by atoms with E-state index < -0.39 is 5.54 Å². The van der Waals surface area contributed by atoms with Gasteiger partial charge in [-0.2, -0.15) is 4.99 Å². The zero-order valence-corrected chi connectivity index (χ0v) is 16.7. The van der Waals surface area contributed by atoms with E-state index in [4.69, 9.17) is 0 Å². The largest absolute Gasteiger partial charge is 0.336 e. The molecule has 4 rings (SSSR count). The Hall–Kier alpha value is -2.44. The number of rotatable bonds is 2. The Morgan fingerprint density at radius 3 is 2.64 bits per heavy atom. The van der Waals surface area contributed by atoms with Crippen LogP contribution in [0.15, 0.2) is 28.9 Å². The highest BCUT2D eigenvalue weighted by Crippen LogP contribution is 2.32. The van der Waals surface area contributed by atoms with Crippen LogP contribution in [0.1, 0.15) is 52.4 Å². The Labute approximate surface area is 165 Å². The van der Waals surface area contributed by atoms with Crippen molar-refractivity contribution in [2.75, 3.05) is 19.6 Å². The molecule has 1 saturated carbocycles. The van der Waals surface area contributed by atoms with Gasteiger partial charge >= 0.3 is 0 Å². The van der Waals surface area contributed by atoms with Crippen molar-refractivity contribution in [2.45, 2.75) is 64.0 Å². The van der Waals surface area contributed by atoms with E-state index in [1.54, 1.807) is 16.7 Å². The van der Waals surface area contributed by atoms with E-state index in [0.29, 0.717) is 25.0 Å². The van der Waals surface area contributed by atoms with E-state index in [2.05, 4.69) is 4.99 Å². The third-order valence-corrected chi connectivity index (χ3v) is 6.38. The van der Waals surface area contributed by atoms with Crippen LogP contribution in [0.2, 0.25) is 0 Å². The molecule has 3 aliphatic heterocycles. The highest BCUT2D eigenvalue weighted by Gasteiger charge is 2.48. The summed E-state index contributed by atoms with van der Waals surface area (Å²) in [6, 6.07) is 0.322. The van der Waals surface area contributed by atoms with E-state index in [1.807, 2.05) is 30.2 Å². The van der Waals surface area contributed by atoms with Crippen molar-refractivity contribution in [3.63, 3.8) is 0 Å². The number of amidine groups is 1. The second-order valence-corrected chi connectivity index (χ2v) is 8.49. The Balaban J connectivity index is 1.50. The summed E-state index contributed by atoms with van der Waals surface area (Å²) in [6.07, 6.45) is 11.3. The number of carbonyl (C=O) groups is 3. The molecule has 7 heteroatoms. The van der Waals surface area contributed by atoms with Gasteiger partial charge in [-0.15, -0.1) is 0 Å². The van der Waals surface area contributed by atoms with Crippen LogP contribution in [0.4, 0.5) is 0 Å². The third kappa shape index (κ3) is 3.27. The summed E-state index contributed by atoms with van der Waals surface area (Å²) in [5.74, 6) is 0.0476. The van der Waals surface area contributed by atoms with Gasteiger partial charge in [0, 0.05) is 25.3 Å². The van der Waals surface area contributed by atoms with Gasteiger partial charge in [0.25, 0.3) is 5.91 Å². The molecule has 0 bridgehead atoms. The number of aliphatic imine (C=N–C) groups is 1. The fourth-order valence-electron chi connectivity index (χ4n) is 4.80. The molecule has 1 atom stereocenters. The smallest absolute Gasteiger partial charge is 0.250 e. The normalized spacial score (nSPS) is 28.9. The summed E-state index contributed by atoms with van der Waals surface area (Å²) in [5, 5.41) is 0. The molecule has 28 heavy (non-hydrogen) atoms. The van der Waals surface area contributed by atoms with E-state index in [0.717, 1.165) is 18.4 Å². The SMILES string of the molecule is CC1=CC2=NC(=O)CC(C)(C(=O)N3CCN(C4CCCCC4)C(=O)C3)N2C=C1. The van der Waals surface area contributed by atoms with Crippen molar-refractivity contribution in [1.82, 2.24) is 14.7 Å². The number of carbonyl (C=O) groups excluding carboxylic acids is 3. The Morgan fingerprint density at radius 2 is 1.93 bits per heavy atom. The maximum atomic E-state index is 13.4. The molecule has 0 spiro atoms. The lowest BCUT2D eigenvalue weighted by molar-refractivity contribution is -0.153. The van der Waals surface area contributed by atoms with Crippen molar-refractivity contribution >= 4 is 23.6 Å². The number of piperazine rings is 1. The highest BCUT2D eigenvalue weighted by molar-refractivity contribution is 6.10. The predicted octanol–water partition coefficient (Wildman–Crippen LogP) is 1.85. The van der Waals surface area contributed by atoms with Crippen LogP contribution in [0.5, 0.6) is 0 Å². The topological polar surface area (TPSA) is 73.3 Å². The second kappa shape index (κ2) is 7.18. The molecule has 4 aliphatic rings. The van der Waals surface area contributed by atoms with Crippen LogP contribution in [0.25, 0.3) is 0 Å². The van der Waals surface area contributed by atoms with Crippen LogP contribution in [-0.4, -0.2) is 69.5 Å². The van der Waals surface area contributed by atoms with Crippen LogP contribution in [0.3, 0.4) is 0 Å². The van der Waals surface area contributed by atoms with Crippen molar-refractivity contribution < 1.29 is 14.4 Å². The van der Waals surface area contributed by atoms with Gasteiger partial charge in [0.05, 0.1) is 13.0 Å².